The normalized spacial score (nSPS) is 20.2. The van der Waals surface area contributed by atoms with Gasteiger partial charge in [-0.2, -0.15) is 0 Å². The summed E-state index contributed by atoms with van der Waals surface area (Å²) in [4.78, 5) is 22.1. The van der Waals surface area contributed by atoms with Gasteiger partial charge in [0.2, 0.25) is 5.91 Å². The molecule has 0 saturated carbocycles. The zero-order valence-corrected chi connectivity index (χ0v) is 10.7. The molecule has 1 aliphatic rings. The zero-order chi connectivity index (χ0) is 12.5. The van der Waals surface area contributed by atoms with Gasteiger partial charge in [-0.1, -0.05) is 0 Å². The molecule has 2 N–H and O–H groups in total. The highest BCUT2D eigenvalue weighted by Crippen LogP contribution is 2.30. The number of piperidine rings is 1. The Morgan fingerprint density at radius 3 is 3.22 bits per heavy atom. The quantitative estimate of drug-likeness (QED) is 0.887. The van der Waals surface area contributed by atoms with E-state index >= 15 is 0 Å². The largest absolute Gasteiger partial charge is 0.369 e. The van der Waals surface area contributed by atoms with Gasteiger partial charge in [0.05, 0.1) is 16.1 Å². The summed E-state index contributed by atoms with van der Waals surface area (Å²) in [5.74, 6) is 0.654. The second-order valence-corrected chi connectivity index (χ2v) is 5.44. The van der Waals surface area contributed by atoms with Crippen molar-refractivity contribution in [2.45, 2.75) is 12.8 Å². The Morgan fingerprint density at radius 1 is 1.50 bits per heavy atom. The first-order valence-electron chi connectivity index (χ1n) is 5.98. The van der Waals surface area contributed by atoms with Crippen molar-refractivity contribution in [1.82, 2.24) is 9.97 Å². The van der Waals surface area contributed by atoms with E-state index in [1.54, 1.807) is 17.7 Å². The van der Waals surface area contributed by atoms with Crippen LogP contribution in [0.15, 0.2) is 17.8 Å². The van der Waals surface area contributed by atoms with Gasteiger partial charge in [-0.25, -0.2) is 9.97 Å². The number of hydrogen-bond acceptors (Lipinski definition) is 5. The van der Waals surface area contributed by atoms with Crippen LogP contribution in [-0.2, 0) is 4.79 Å². The van der Waals surface area contributed by atoms with Crippen molar-refractivity contribution in [3.05, 3.63) is 17.8 Å². The maximum Gasteiger partial charge on any atom is 0.222 e. The van der Waals surface area contributed by atoms with Crippen LogP contribution in [0.4, 0.5) is 5.82 Å². The Hall–Kier alpha value is -1.69. The molecule has 18 heavy (non-hydrogen) atoms. The van der Waals surface area contributed by atoms with Crippen LogP contribution in [-0.4, -0.2) is 29.0 Å². The predicted molar refractivity (Wildman–Crippen MR) is 71.5 cm³/mol. The third-order valence-corrected chi connectivity index (χ3v) is 4.25. The molecule has 1 aliphatic heterocycles. The van der Waals surface area contributed by atoms with Gasteiger partial charge in [-0.15, -0.1) is 11.3 Å². The Balaban J connectivity index is 1.94. The Kier molecular flexibility index (Phi) is 2.87. The summed E-state index contributed by atoms with van der Waals surface area (Å²) < 4.78 is 1.09. The zero-order valence-electron chi connectivity index (χ0n) is 9.87. The van der Waals surface area contributed by atoms with Gasteiger partial charge in [-0.3, -0.25) is 4.79 Å². The first-order chi connectivity index (χ1) is 8.75. The molecule has 0 radical (unpaired) electrons. The molecule has 1 saturated heterocycles. The van der Waals surface area contributed by atoms with Crippen LogP contribution in [0.5, 0.6) is 0 Å². The van der Waals surface area contributed by atoms with Crippen LogP contribution < -0.4 is 10.6 Å². The number of nitrogens with zero attached hydrogens (tertiary/aromatic N) is 3. The van der Waals surface area contributed by atoms with Crippen LogP contribution >= 0.6 is 11.3 Å². The average molecular weight is 262 g/mol. The van der Waals surface area contributed by atoms with Crippen molar-refractivity contribution < 1.29 is 4.79 Å². The number of amides is 1. The highest BCUT2D eigenvalue weighted by Gasteiger charge is 2.25. The second kappa shape index (κ2) is 4.53. The number of carbonyl (C=O) groups excluding carboxylic acids is 1. The number of carbonyl (C=O) groups is 1. The fourth-order valence-corrected chi connectivity index (χ4v) is 3.26. The summed E-state index contributed by atoms with van der Waals surface area (Å²) in [7, 11) is 0. The summed E-state index contributed by atoms with van der Waals surface area (Å²) in [6, 6.07) is 1.99. The Morgan fingerprint density at radius 2 is 2.39 bits per heavy atom. The minimum atomic E-state index is -0.212. The average Bonchev–Trinajstić information content (AvgIpc) is 2.87. The van der Waals surface area contributed by atoms with Crippen LogP contribution in [0.3, 0.4) is 0 Å². The topological polar surface area (TPSA) is 72.1 Å². The van der Waals surface area contributed by atoms with Crippen molar-refractivity contribution in [3.63, 3.8) is 0 Å². The molecule has 6 heteroatoms. The predicted octanol–water partition coefficient (Wildman–Crippen LogP) is 1.39. The van der Waals surface area contributed by atoms with Crippen molar-refractivity contribution >= 4 is 33.3 Å². The van der Waals surface area contributed by atoms with E-state index in [-0.39, 0.29) is 11.8 Å². The van der Waals surface area contributed by atoms with Gasteiger partial charge in [0.25, 0.3) is 0 Å². The van der Waals surface area contributed by atoms with Gasteiger partial charge in [-0.05, 0) is 24.3 Å². The van der Waals surface area contributed by atoms with Crippen LogP contribution in [0, 0.1) is 5.92 Å². The summed E-state index contributed by atoms with van der Waals surface area (Å²) in [5.41, 5.74) is 6.37. The molecule has 3 heterocycles. The molecule has 2 aromatic rings. The molecule has 1 amide bonds. The van der Waals surface area contributed by atoms with E-state index in [2.05, 4.69) is 14.9 Å². The molecule has 0 aliphatic carbocycles. The van der Waals surface area contributed by atoms with E-state index in [1.165, 1.54) is 0 Å². The molecule has 5 nitrogen and oxygen atoms in total. The van der Waals surface area contributed by atoms with Crippen LogP contribution in [0.2, 0.25) is 0 Å². The minimum Gasteiger partial charge on any atom is -0.369 e. The SMILES string of the molecule is NC(=O)[C@H]1CCCN(c2ncnc3ccsc23)C1. The number of primary amides is 1. The maximum absolute atomic E-state index is 11.3. The van der Waals surface area contributed by atoms with Gasteiger partial charge in [0, 0.05) is 13.1 Å². The second-order valence-electron chi connectivity index (χ2n) is 4.52. The van der Waals surface area contributed by atoms with Crippen molar-refractivity contribution in [3.8, 4) is 0 Å². The molecule has 94 valence electrons. The van der Waals surface area contributed by atoms with E-state index in [9.17, 15) is 4.79 Å². The number of aromatic nitrogens is 2. The van der Waals surface area contributed by atoms with Gasteiger partial charge in [0.1, 0.15) is 12.1 Å². The standard InChI is InChI=1S/C12H14N4OS/c13-11(17)8-2-1-4-16(6-8)12-10-9(3-5-18-10)14-7-15-12/h3,5,7-8H,1-2,4,6H2,(H2,13,17)/t8-/m0/s1. The van der Waals surface area contributed by atoms with E-state index in [4.69, 9.17) is 5.73 Å². The molecule has 1 atom stereocenters. The highest BCUT2D eigenvalue weighted by atomic mass is 32.1. The number of rotatable bonds is 2. The molecule has 0 spiro atoms. The van der Waals surface area contributed by atoms with Crippen LogP contribution in [0.25, 0.3) is 10.2 Å². The van der Waals surface area contributed by atoms with Crippen molar-refractivity contribution in [1.29, 1.82) is 0 Å². The first-order valence-corrected chi connectivity index (χ1v) is 6.86. The molecular weight excluding hydrogens is 248 g/mol. The van der Waals surface area contributed by atoms with Gasteiger partial charge >= 0.3 is 0 Å². The smallest absolute Gasteiger partial charge is 0.222 e. The van der Waals surface area contributed by atoms with Crippen LogP contribution in [0.1, 0.15) is 12.8 Å². The lowest BCUT2D eigenvalue weighted by molar-refractivity contribution is -0.122. The molecule has 0 aromatic carbocycles. The van der Waals surface area contributed by atoms with E-state index in [0.717, 1.165) is 35.4 Å². The van der Waals surface area contributed by atoms with Crippen molar-refractivity contribution in [2.75, 3.05) is 18.0 Å². The van der Waals surface area contributed by atoms with Gasteiger partial charge in [0.15, 0.2) is 0 Å². The number of fused-ring (bicyclic) bond motifs is 1. The summed E-state index contributed by atoms with van der Waals surface area (Å²) in [6.45, 7) is 1.59. The lowest BCUT2D eigenvalue weighted by Crippen LogP contribution is -2.41. The van der Waals surface area contributed by atoms with E-state index in [0.29, 0.717) is 6.54 Å². The van der Waals surface area contributed by atoms with E-state index in [1.807, 2.05) is 11.4 Å². The fraction of sp³-hybridized carbons (Fsp3) is 0.417. The number of nitrogens with two attached hydrogens (primary N) is 1. The lowest BCUT2D eigenvalue weighted by Gasteiger charge is -2.32. The molecule has 3 rings (SSSR count). The molecule has 0 bridgehead atoms. The number of anilines is 1. The first kappa shape index (κ1) is 11.4. The summed E-state index contributed by atoms with van der Waals surface area (Å²) in [6.07, 6.45) is 3.44. The van der Waals surface area contributed by atoms with Gasteiger partial charge < -0.3 is 10.6 Å². The molecular formula is C12H14N4OS. The lowest BCUT2D eigenvalue weighted by atomic mass is 9.97. The molecule has 0 unspecified atom stereocenters. The fourth-order valence-electron chi connectivity index (χ4n) is 2.40. The minimum absolute atomic E-state index is 0.0660. The number of thiophene rings is 1. The highest BCUT2D eigenvalue weighted by molar-refractivity contribution is 7.17. The van der Waals surface area contributed by atoms with Crippen molar-refractivity contribution in [2.24, 2.45) is 11.7 Å². The Bertz CT molecular complexity index is 582. The number of hydrogen-bond donors (Lipinski definition) is 1. The molecule has 2 aromatic heterocycles. The summed E-state index contributed by atoms with van der Waals surface area (Å²) in [5, 5.41) is 2.01. The van der Waals surface area contributed by atoms with E-state index < -0.39 is 0 Å². The molecule has 1 fully saturated rings. The Labute approximate surface area is 109 Å². The monoisotopic (exact) mass is 262 g/mol. The summed E-state index contributed by atoms with van der Waals surface area (Å²) >= 11 is 1.63. The third-order valence-electron chi connectivity index (χ3n) is 3.35. The maximum atomic E-state index is 11.3. The third kappa shape index (κ3) is 1.92.